The second-order valence-electron chi connectivity index (χ2n) is 3.41. The normalized spacial score (nSPS) is 11.6. The Kier molecular flexibility index (Phi) is 4.67. The van der Waals surface area contributed by atoms with Gasteiger partial charge in [-0.3, -0.25) is 4.79 Å². The van der Waals surface area contributed by atoms with Crippen LogP contribution in [0.5, 0.6) is 0 Å². The Morgan fingerprint density at radius 3 is 2.75 bits per heavy atom. The summed E-state index contributed by atoms with van der Waals surface area (Å²) < 4.78 is 0. The molecule has 0 heterocycles. The lowest BCUT2D eigenvalue weighted by molar-refractivity contribution is 0.0941. The SMILES string of the molecule is C#CCC(C)NC(=O)c1ccc(Cl)c(Cl)c1. The van der Waals surface area contributed by atoms with Crippen molar-refractivity contribution < 1.29 is 4.79 Å². The van der Waals surface area contributed by atoms with E-state index in [1.54, 1.807) is 12.1 Å². The molecule has 2 nitrogen and oxygen atoms in total. The lowest BCUT2D eigenvalue weighted by Crippen LogP contribution is -2.32. The Morgan fingerprint density at radius 1 is 1.50 bits per heavy atom. The predicted octanol–water partition coefficient (Wildman–Crippen LogP) is 3.14. The monoisotopic (exact) mass is 255 g/mol. The zero-order valence-electron chi connectivity index (χ0n) is 8.76. The number of hydrogen-bond donors (Lipinski definition) is 1. The number of terminal acetylenes is 1. The molecule has 0 aromatic heterocycles. The van der Waals surface area contributed by atoms with Gasteiger partial charge in [-0.05, 0) is 25.1 Å². The topological polar surface area (TPSA) is 29.1 Å². The molecule has 0 spiro atoms. The van der Waals surface area contributed by atoms with Crippen molar-refractivity contribution >= 4 is 29.1 Å². The van der Waals surface area contributed by atoms with Crippen molar-refractivity contribution in [2.45, 2.75) is 19.4 Å². The van der Waals surface area contributed by atoms with Gasteiger partial charge in [0.2, 0.25) is 0 Å². The van der Waals surface area contributed by atoms with Crippen LogP contribution in [0.1, 0.15) is 23.7 Å². The first kappa shape index (κ1) is 12.9. The van der Waals surface area contributed by atoms with E-state index in [1.165, 1.54) is 6.07 Å². The molecule has 1 unspecified atom stereocenters. The quantitative estimate of drug-likeness (QED) is 0.827. The Balaban J connectivity index is 2.74. The maximum absolute atomic E-state index is 11.7. The van der Waals surface area contributed by atoms with Crippen molar-refractivity contribution in [2.75, 3.05) is 0 Å². The fourth-order valence-electron chi connectivity index (χ4n) is 1.17. The van der Waals surface area contributed by atoms with Crippen molar-refractivity contribution in [3.8, 4) is 12.3 Å². The van der Waals surface area contributed by atoms with Crippen molar-refractivity contribution in [3.05, 3.63) is 33.8 Å². The van der Waals surface area contributed by atoms with E-state index in [-0.39, 0.29) is 11.9 Å². The van der Waals surface area contributed by atoms with Crippen molar-refractivity contribution in [3.63, 3.8) is 0 Å². The number of halogens is 2. The highest BCUT2D eigenvalue weighted by Crippen LogP contribution is 2.22. The number of hydrogen-bond acceptors (Lipinski definition) is 1. The number of carbonyl (C=O) groups is 1. The number of benzene rings is 1. The number of amides is 1. The van der Waals surface area contributed by atoms with Gasteiger partial charge in [-0.2, -0.15) is 0 Å². The molecule has 0 saturated heterocycles. The molecule has 16 heavy (non-hydrogen) atoms. The highest BCUT2D eigenvalue weighted by atomic mass is 35.5. The fourth-order valence-corrected chi connectivity index (χ4v) is 1.47. The smallest absolute Gasteiger partial charge is 0.251 e. The molecule has 0 bridgehead atoms. The summed E-state index contributed by atoms with van der Waals surface area (Å²) in [5.41, 5.74) is 0.471. The molecule has 84 valence electrons. The maximum Gasteiger partial charge on any atom is 0.251 e. The predicted molar refractivity (Wildman–Crippen MR) is 66.8 cm³/mol. The largest absolute Gasteiger partial charge is 0.349 e. The average molecular weight is 256 g/mol. The third kappa shape index (κ3) is 3.44. The number of rotatable bonds is 3. The minimum Gasteiger partial charge on any atom is -0.349 e. The first-order valence-electron chi connectivity index (χ1n) is 4.74. The van der Waals surface area contributed by atoms with Crippen LogP contribution in [0.25, 0.3) is 0 Å². The molecule has 0 aliphatic carbocycles. The van der Waals surface area contributed by atoms with Crippen LogP contribution in [0.4, 0.5) is 0 Å². The molecule has 0 aliphatic rings. The summed E-state index contributed by atoms with van der Waals surface area (Å²) in [6.07, 6.45) is 5.64. The third-order valence-electron chi connectivity index (χ3n) is 1.98. The minimum atomic E-state index is -0.207. The van der Waals surface area contributed by atoms with Crippen LogP contribution in [-0.4, -0.2) is 11.9 Å². The van der Waals surface area contributed by atoms with E-state index in [2.05, 4.69) is 11.2 Å². The molecule has 1 aromatic rings. The maximum atomic E-state index is 11.7. The molecule has 1 atom stereocenters. The molecule has 0 fully saturated rings. The van der Waals surface area contributed by atoms with Gasteiger partial charge in [0.15, 0.2) is 0 Å². The summed E-state index contributed by atoms with van der Waals surface area (Å²) in [5.74, 6) is 2.28. The Labute approximate surface area is 105 Å². The lowest BCUT2D eigenvalue weighted by atomic mass is 10.2. The van der Waals surface area contributed by atoms with Gasteiger partial charge >= 0.3 is 0 Å². The standard InChI is InChI=1S/C12H11Cl2NO/c1-3-4-8(2)15-12(16)9-5-6-10(13)11(14)7-9/h1,5-8H,4H2,2H3,(H,15,16). The van der Waals surface area contributed by atoms with Crippen molar-refractivity contribution in [1.82, 2.24) is 5.32 Å². The Morgan fingerprint density at radius 2 is 2.19 bits per heavy atom. The van der Waals surface area contributed by atoms with Gasteiger partial charge < -0.3 is 5.32 Å². The zero-order valence-corrected chi connectivity index (χ0v) is 10.3. The van der Waals surface area contributed by atoms with Crippen molar-refractivity contribution in [2.24, 2.45) is 0 Å². The summed E-state index contributed by atoms with van der Waals surface area (Å²) in [6, 6.07) is 4.67. The first-order valence-corrected chi connectivity index (χ1v) is 5.49. The van der Waals surface area contributed by atoms with Crippen LogP contribution in [0.15, 0.2) is 18.2 Å². The van der Waals surface area contributed by atoms with Gasteiger partial charge in [-0.1, -0.05) is 23.2 Å². The van der Waals surface area contributed by atoms with E-state index in [9.17, 15) is 4.79 Å². The summed E-state index contributed by atoms with van der Waals surface area (Å²) in [5, 5.41) is 3.55. The summed E-state index contributed by atoms with van der Waals surface area (Å²) in [6.45, 7) is 1.84. The van der Waals surface area contributed by atoms with Crippen LogP contribution in [-0.2, 0) is 0 Å². The van der Waals surface area contributed by atoms with E-state index < -0.39 is 0 Å². The Hall–Kier alpha value is -1.17. The summed E-state index contributed by atoms with van der Waals surface area (Å²) in [7, 11) is 0. The van der Waals surface area contributed by atoms with E-state index in [4.69, 9.17) is 29.6 Å². The van der Waals surface area contributed by atoms with Crippen LogP contribution in [0.2, 0.25) is 10.0 Å². The van der Waals surface area contributed by atoms with Gasteiger partial charge in [-0.15, -0.1) is 12.3 Å². The van der Waals surface area contributed by atoms with Gasteiger partial charge in [-0.25, -0.2) is 0 Å². The molecular formula is C12H11Cl2NO. The highest BCUT2D eigenvalue weighted by molar-refractivity contribution is 6.42. The first-order chi connectivity index (χ1) is 7.54. The molecule has 4 heteroatoms. The molecule has 0 saturated carbocycles. The van der Waals surface area contributed by atoms with Crippen molar-refractivity contribution in [1.29, 1.82) is 0 Å². The van der Waals surface area contributed by atoms with Crippen LogP contribution >= 0.6 is 23.2 Å². The van der Waals surface area contributed by atoms with Gasteiger partial charge in [0.1, 0.15) is 0 Å². The molecule has 0 aliphatic heterocycles. The molecular weight excluding hydrogens is 245 g/mol. The molecule has 0 radical (unpaired) electrons. The van der Waals surface area contributed by atoms with E-state index >= 15 is 0 Å². The number of nitrogens with one attached hydrogen (secondary N) is 1. The van der Waals surface area contributed by atoms with Crippen LogP contribution < -0.4 is 5.32 Å². The Bertz CT molecular complexity index is 437. The molecule has 1 aromatic carbocycles. The van der Waals surface area contributed by atoms with E-state index in [1.807, 2.05) is 6.92 Å². The molecule has 1 rings (SSSR count). The highest BCUT2D eigenvalue weighted by Gasteiger charge is 2.10. The van der Waals surface area contributed by atoms with E-state index in [0.29, 0.717) is 22.0 Å². The average Bonchev–Trinajstić information content (AvgIpc) is 2.22. The number of carbonyl (C=O) groups excluding carboxylic acids is 1. The lowest BCUT2D eigenvalue weighted by Gasteiger charge is -2.11. The molecule has 1 N–H and O–H groups in total. The van der Waals surface area contributed by atoms with E-state index in [0.717, 1.165) is 0 Å². The van der Waals surface area contributed by atoms with Gasteiger partial charge in [0.05, 0.1) is 10.0 Å². The van der Waals surface area contributed by atoms with Crippen LogP contribution in [0, 0.1) is 12.3 Å². The van der Waals surface area contributed by atoms with Gasteiger partial charge in [0, 0.05) is 18.0 Å². The summed E-state index contributed by atoms with van der Waals surface area (Å²) >= 11 is 11.6. The van der Waals surface area contributed by atoms with Crippen LogP contribution in [0.3, 0.4) is 0 Å². The summed E-state index contributed by atoms with van der Waals surface area (Å²) in [4.78, 5) is 11.7. The van der Waals surface area contributed by atoms with Gasteiger partial charge in [0.25, 0.3) is 5.91 Å². The fraction of sp³-hybridized carbons (Fsp3) is 0.250. The zero-order chi connectivity index (χ0) is 12.1. The second-order valence-corrected chi connectivity index (χ2v) is 4.23. The third-order valence-corrected chi connectivity index (χ3v) is 2.72. The molecule has 1 amide bonds. The second kappa shape index (κ2) is 5.79. The minimum absolute atomic E-state index is 0.0630.